The lowest BCUT2D eigenvalue weighted by molar-refractivity contribution is -0.143. The van der Waals surface area contributed by atoms with Gasteiger partial charge in [0.1, 0.15) is 6.61 Å². The monoisotopic (exact) mass is 478 g/mol. The molecule has 7 heteroatoms. The van der Waals surface area contributed by atoms with Crippen LogP contribution in [0.3, 0.4) is 0 Å². The number of hydrogen-bond acceptors (Lipinski definition) is 4. The summed E-state index contributed by atoms with van der Waals surface area (Å²) in [5.74, 6) is -1.35. The first-order valence-electron chi connectivity index (χ1n) is 12.4. The van der Waals surface area contributed by atoms with E-state index in [2.05, 4.69) is 34.9 Å². The fourth-order valence-electron chi connectivity index (χ4n) is 4.98. The fraction of sp³-hybridized carbons (Fsp3) is 0.464. The molecule has 0 aliphatic heterocycles. The molecule has 3 N–H and O–H groups in total. The van der Waals surface area contributed by atoms with Crippen molar-refractivity contribution in [2.24, 2.45) is 23.7 Å². The summed E-state index contributed by atoms with van der Waals surface area (Å²) >= 11 is 0. The molecule has 4 rings (SSSR count). The van der Waals surface area contributed by atoms with Gasteiger partial charge in [0.2, 0.25) is 5.91 Å². The number of alkyl carbamates (subject to hydrolysis) is 1. The summed E-state index contributed by atoms with van der Waals surface area (Å²) in [6.07, 6.45) is 1.85. The van der Waals surface area contributed by atoms with E-state index < -0.39 is 18.0 Å². The van der Waals surface area contributed by atoms with Crippen LogP contribution < -0.4 is 10.6 Å². The Morgan fingerprint density at radius 2 is 1.54 bits per heavy atom. The maximum Gasteiger partial charge on any atom is 0.407 e. The average molecular weight is 479 g/mol. The van der Waals surface area contributed by atoms with Crippen LogP contribution in [0.2, 0.25) is 0 Å². The van der Waals surface area contributed by atoms with Gasteiger partial charge in [-0.2, -0.15) is 0 Å². The van der Waals surface area contributed by atoms with Crippen molar-refractivity contribution in [1.82, 2.24) is 10.6 Å². The number of nitrogens with one attached hydrogen (secondary N) is 2. The van der Waals surface area contributed by atoms with Gasteiger partial charge in [-0.05, 0) is 52.8 Å². The summed E-state index contributed by atoms with van der Waals surface area (Å²) in [5, 5.41) is 14.9. The molecule has 0 aromatic heterocycles. The maximum atomic E-state index is 12.5. The zero-order valence-corrected chi connectivity index (χ0v) is 20.3. The number of rotatable bonds is 11. The number of carbonyl (C=O) groups is 3. The molecule has 0 heterocycles. The quantitative estimate of drug-likeness (QED) is 0.444. The summed E-state index contributed by atoms with van der Waals surface area (Å²) in [6, 6.07) is 16.4. The molecule has 2 amide bonds. The zero-order valence-electron chi connectivity index (χ0n) is 20.3. The van der Waals surface area contributed by atoms with Crippen LogP contribution in [0.1, 0.15) is 50.2 Å². The second-order valence-electron chi connectivity index (χ2n) is 10.0. The molecule has 2 atom stereocenters. The van der Waals surface area contributed by atoms with Crippen molar-refractivity contribution in [2.75, 3.05) is 19.7 Å². The molecule has 2 aromatic carbocycles. The number of ether oxygens (including phenoxy) is 1. The van der Waals surface area contributed by atoms with E-state index in [9.17, 15) is 19.5 Å². The van der Waals surface area contributed by atoms with Gasteiger partial charge in [-0.25, -0.2) is 4.79 Å². The molecule has 2 aliphatic rings. The third kappa shape index (κ3) is 6.02. The van der Waals surface area contributed by atoms with Gasteiger partial charge in [0, 0.05) is 25.4 Å². The number of carbonyl (C=O) groups excluding carboxylic acids is 2. The Hall–Kier alpha value is -3.35. The average Bonchev–Trinajstić information content (AvgIpc) is 3.63. The molecule has 0 bridgehead atoms. The molecule has 2 aromatic rings. The summed E-state index contributed by atoms with van der Waals surface area (Å²) in [6.45, 7) is 4.39. The number of carboxylic acids is 1. The van der Waals surface area contributed by atoms with E-state index in [0.717, 1.165) is 24.0 Å². The van der Waals surface area contributed by atoms with Crippen LogP contribution in [0.15, 0.2) is 48.5 Å². The second kappa shape index (κ2) is 10.9. The van der Waals surface area contributed by atoms with Gasteiger partial charge < -0.3 is 20.5 Å². The fourth-order valence-corrected chi connectivity index (χ4v) is 4.98. The van der Waals surface area contributed by atoms with Crippen LogP contribution in [0.4, 0.5) is 4.79 Å². The Morgan fingerprint density at radius 1 is 0.943 bits per heavy atom. The first-order chi connectivity index (χ1) is 16.8. The minimum atomic E-state index is -0.907. The van der Waals surface area contributed by atoms with Crippen molar-refractivity contribution in [3.63, 3.8) is 0 Å². The van der Waals surface area contributed by atoms with Gasteiger partial charge >= 0.3 is 12.1 Å². The number of fused-ring (bicyclic) bond motifs is 3. The Balaban J connectivity index is 1.27. The zero-order chi connectivity index (χ0) is 24.9. The summed E-state index contributed by atoms with van der Waals surface area (Å²) < 4.78 is 5.61. The van der Waals surface area contributed by atoms with E-state index in [-0.39, 0.29) is 43.2 Å². The predicted octanol–water partition coefficient (Wildman–Crippen LogP) is 4.41. The molecule has 2 unspecified atom stereocenters. The number of benzene rings is 2. The molecular formula is C28H34N2O5. The minimum absolute atomic E-state index is 0.00120. The van der Waals surface area contributed by atoms with Gasteiger partial charge in [0.05, 0.1) is 5.92 Å². The first-order valence-corrected chi connectivity index (χ1v) is 12.4. The van der Waals surface area contributed by atoms with Crippen molar-refractivity contribution in [1.29, 1.82) is 0 Å². The SMILES string of the molecule is CC(C)C(CNC(=O)CC(CNC(=O)OCC1c2ccccc2-c2ccccc21)C1CC1)C(=O)O. The largest absolute Gasteiger partial charge is 0.481 e. The number of amides is 2. The maximum absolute atomic E-state index is 12.5. The minimum Gasteiger partial charge on any atom is -0.481 e. The number of hydrogen-bond donors (Lipinski definition) is 3. The predicted molar refractivity (Wildman–Crippen MR) is 133 cm³/mol. The molecule has 7 nitrogen and oxygen atoms in total. The van der Waals surface area contributed by atoms with Crippen molar-refractivity contribution in [2.45, 2.75) is 39.0 Å². The number of aliphatic carboxylic acids is 1. The lowest BCUT2D eigenvalue weighted by Gasteiger charge is -2.20. The van der Waals surface area contributed by atoms with E-state index in [1.165, 1.54) is 11.1 Å². The lowest BCUT2D eigenvalue weighted by Crippen LogP contribution is -2.38. The molecular weight excluding hydrogens is 444 g/mol. The highest BCUT2D eigenvalue weighted by atomic mass is 16.5. The van der Waals surface area contributed by atoms with Gasteiger partial charge in [0.15, 0.2) is 0 Å². The molecule has 1 saturated carbocycles. The topological polar surface area (TPSA) is 105 Å². The summed E-state index contributed by atoms with van der Waals surface area (Å²) in [5.41, 5.74) is 4.68. The van der Waals surface area contributed by atoms with E-state index in [1.807, 2.05) is 38.1 Å². The van der Waals surface area contributed by atoms with Crippen LogP contribution in [-0.4, -0.2) is 42.8 Å². The standard InChI is InChI=1S/C28H34N2O5/c1-17(2)24(27(32)33)15-29-26(31)13-19(18-11-12-18)14-30-28(34)35-16-25-22-9-5-3-7-20(22)21-8-4-6-10-23(21)25/h3-10,17-19,24-25H,11-16H2,1-2H3,(H,29,31)(H,30,34)(H,32,33). The van der Waals surface area contributed by atoms with Crippen LogP contribution >= 0.6 is 0 Å². The highest BCUT2D eigenvalue weighted by molar-refractivity contribution is 5.79. The van der Waals surface area contributed by atoms with Crippen molar-refractivity contribution in [3.8, 4) is 11.1 Å². The van der Waals surface area contributed by atoms with E-state index in [4.69, 9.17) is 4.74 Å². The van der Waals surface area contributed by atoms with Crippen molar-refractivity contribution in [3.05, 3.63) is 59.7 Å². The third-order valence-corrected chi connectivity index (χ3v) is 7.23. The summed E-state index contributed by atoms with van der Waals surface area (Å²) in [7, 11) is 0. The second-order valence-corrected chi connectivity index (χ2v) is 10.0. The normalized spacial score (nSPS) is 16.2. The van der Waals surface area contributed by atoms with Gasteiger partial charge in [-0.15, -0.1) is 0 Å². The Kier molecular flexibility index (Phi) is 7.73. The molecule has 2 aliphatic carbocycles. The van der Waals surface area contributed by atoms with Gasteiger partial charge in [-0.1, -0.05) is 62.4 Å². The third-order valence-electron chi connectivity index (χ3n) is 7.23. The van der Waals surface area contributed by atoms with Crippen LogP contribution in [-0.2, 0) is 14.3 Å². The van der Waals surface area contributed by atoms with Crippen molar-refractivity contribution < 1.29 is 24.2 Å². The van der Waals surface area contributed by atoms with E-state index in [0.29, 0.717) is 12.5 Å². The van der Waals surface area contributed by atoms with Gasteiger partial charge in [0.25, 0.3) is 0 Å². The van der Waals surface area contributed by atoms with Crippen LogP contribution in [0, 0.1) is 23.7 Å². The Morgan fingerprint density at radius 3 is 2.09 bits per heavy atom. The highest BCUT2D eigenvalue weighted by Crippen LogP contribution is 2.44. The first kappa shape index (κ1) is 24.8. The Labute approximate surface area is 206 Å². The smallest absolute Gasteiger partial charge is 0.407 e. The van der Waals surface area contributed by atoms with Gasteiger partial charge in [-0.3, -0.25) is 9.59 Å². The van der Waals surface area contributed by atoms with E-state index in [1.54, 1.807) is 0 Å². The van der Waals surface area contributed by atoms with Crippen LogP contribution in [0.5, 0.6) is 0 Å². The molecule has 0 spiro atoms. The molecule has 0 radical (unpaired) electrons. The highest BCUT2D eigenvalue weighted by Gasteiger charge is 2.34. The van der Waals surface area contributed by atoms with E-state index >= 15 is 0 Å². The van der Waals surface area contributed by atoms with Crippen LogP contribution in [0.25, 0.3) is 11.1 Å². The lowest BCUT2D eigenvalue weighted by atomic mass is 9.95. The Bertz CT molecular complexity index is 1030. The molecule has 186 valence electrons. The van der Waals surface area contributed by atoms with Crippen molar-refractivity contribution >= 4 is 18.0 Å². The molecule has 0 saturated heterocycles. The number of carboxylic acid groups (broad SMARTS) is 1. The molecule has 1 fully saturated rings. The molecule has 35 heavy (non-hydrogen) atoms. The summed E-state index contributed by atoms with van der Waals surface area (Å²) in [4.78, 5) is 36.3.